The second kappa shape index (κ2) is 6.82. The lowest BCUT2D eigenvalue weighted by atomic mass is 10.1. The molecule has 0 aliphatic carbocycles. The highest BCUT2D eigenvalue weighted by Crippen LogP contribution is 2.31. The van der Waals surface area contributed by atoms with Gasteiger partial charge in [0.25, 0.3) is 0 Å². The van der Waals surface area contributed by atoms with E-state index in [4.69, 9.17) is 14.2 Å². The van der Waals surface area contributed by atoms with Crippen molar-refractivity contribution < 1.29 is 28.6 Å². The summed E-state index contributed by atoms with van der Waals surface area (Å²) in [6.45, 7) is 11.3. The minimum Gasteiger partial charge on any atom is -0.447 e. The SMILES string of the molecule is CC1COC(=O)N1C(=O)CC[C@H]1COC(C)(C)N1C(=O)OC(C)(C)C. The van der Waals surface area contributed by atoms with E-state index in [2.05, 4.69) is 0 Å². The van der Waals surface area contributed by atoms with Crippen molar-refractivity contribution in [3.63, 3.8) is 0 Å². The lowest BCUT2D eigenvalue weighted by molar-refractivity contribution is -0.129. The molecule has 25 heavy (non-hydrogen) atoms. The molecule has 2 atom stereocenters. The third-order valence-corrected chi connectivity index (χ3v) is 4.21. The molecule has 2 aliphatic heterocycles. The second-order valence-corrected chi connectivity index (χ2v) is 7.99. The number of hydrogen-bond acceptors (Lipinski definition) is 6. The summed E-state index contributed by atoms with van der Waals surface area (Å²) in [5.41, 5.74) is -1.43. The van der Waals surface area contributed by atoms with Crippen LogP contribution in [0, 0.1) is 0 Å². The Balaban J connectivity index is 2.01. The van der Waals surface area contributed by atoms with Gasteiger partial charge < -0.3 is 14.2 Å². The molecule has 0 aromatic rings. The van der Waals surface area contributed by atoms with Crippen molar-refractivity contribution in [2.45, 2.75) is 77.8 Å². The summed E-state index contributed by atoms with van der Waals surface area (Å²) >= 11 is 0. The molecule has 1 unspecified atom stereocenters. The highest BCUT2D eigenvalue weighted by atomic mass is 16.6. The maximum absolute atomic E-state index is 12.5. The summed E-state index contributed by atoms with van der Waals surface area (Å²) in [4.78, 5) is 39.2. The molecule has 0 bridgehead atoms. The molecule has 0 saturated carbocycles. The van der Waals surface area contributed by atoms with Gasteiger partial charge >= 0.3 is 12.2 Å². The van der Waals surface area contributed by atoms with Crippen LogP contribution < -0.4 is 0 Å². The van der Waals surface area contributed by atoms with Crippen LogP contribution in [0.3, 0.4) is 0 Å². The molecule has 0 N–H and O–H groups in total. The van der Waals surface area contributed by atoms with Gasteiger partial charge in [-0.05, 0) is 48.0 Å². The third-order valence-electron chi connectivity index (χ3n) is 4.21. The zero-order valence-electron chi connectivity index (χ0n) is 15.8. The van der Waals surface area contributed by atoms with Crippen LogP contribution in [-0.4, -0.2) is 64.5 Å². The number of ether oxygens (including phenoxy) is 3. The maximum atomic E-state index is 12.5. The molecule has 2 rings (SSSR count). The lowest BCUT2D eigenvalue weighted by Crippen LogP contribution is -2.50. The van der Waals surface area contributed by atoms with Gasteiger partial charge in [0.15, 0.2) is 0 Å². The van der Waals surface area contributed by atoms with E-state index in [1.54, 1.807) is 41.5 Å². The van der Waals surface area contributed by atoms with E-state index >= 15 is 0 Å². The van der Waals surface area contributed by atoms with Crippen molar-refractivity contribution in [2.75, 3.05) is 13.2 Å². The average molecular weight is 356 g/mol. The van der Waals surface area contributed by atoms with Crippen molar-refractivity contribution in [1.29, 1.82) is 0 Å². The molecule has 8 heteroatoms. The molecule has 0 aromatic heterocycles. The first-order valence-electron chi connectivity index (χ1n) is 8.57. The largest absolute Gasteiger partial charge is 0.447 e. The Morgan fingerprint density at radius 2 is 1.92 bits per heavy atom. The van der Waals surface area contributed by atoms with Crippen LogP contribution in [0.5, 0.6) is 0 Å². The van der Waals surface area contributed by atoms with Crippen molar-refractivity contribution in [1.82, 2.24) is 9.80 Å². The Kier molecular flexibility index (Phi) is 5.32. The van der Waals surface area contributed by atoms with Crippen LogP contribution in [0.2, 0.25) is 0 Å². The van der Waals surface area contributed by atoms with Crippen molar-refractivity contribution >= 4 is 18.1 Å². The van der Waals surface area contributed by atoms with Gasteiger partial charge in [-0.1, -0.05) is 0 Å². The molecule has 142 valence electrons. The van der Waals surface area contributed by atoms with Gasteiger partial charge in [0.05, 0.1) is 18.7 Å². The summed E-state index contributed by atoms with van der Waals surface area (Å²) in [6.07, 6.45) is -0.563. The van der Waals surface area contributed by atoms with Gasteiger partial charge in [0.2, 0.25) is 5.91 Å². The molecule has 3 amide bonds. The zero-order valence-corrected chi connectivity index (χ0v) is 15.8. The standard InChI is InChI=1S/C17H28N2O6/c1-11-9-23-14(21)18(11)13(20)8-7-12-10-24-17(5,6)19(12)15(22)25-16(2,3)4/h11-12H,7-10H2,1-6H3/t11?,12-/m0/s1. The smallest absolute Gasteiger partial charge is 0.416 e. The normalized spacial score (nSPS) is 25.9. The van der Waals surface area contributed by atoms with Crippen molar-refractivity contribution in [3.05, 3.63) is 0 Å². The fraction of sp³-hybridized carbons (Fsp3) is 0.824. The average Bonchev–Trinajstić information content (AvgIpc) is 2.93. The van der Waals surface area contributed by atoms with E-state index in [0.29, 0.717) is 13.0 Å². The molecule has 0 spiro atoms. The maximum Gasteiger partial charge on any atom is 0.416 e. The van der Waals surface area contributed by atoms with E-state index in [9.17, 15) is 14.4 Å². The van der Waals surface area contributed by atoms with Crippen LogP contribution in [0.1, 0.15) is 54.4 Å². The van der Waals surface area contributed by atoms with Gasteiger partial charge in [-0.3, -0.25) is 9.69 Å². The van der Waals surface area contributed by atoms with Gasteiger partial charge in [0.1, 0.15) is 17.9 Å². The molecule has 2 fully saturated rings. The molecule has 2 aliphatic rings. The summed E-state index contributed by atoms with van der Waals surface area (Å²) in [6, 6.07) is -0.555. The number of imide groups is 1. The quantitative estimate of drug-likeness (QED) is 0.772. The number of nitrogens with zero attached hydrogens (tertiary/aromatic N) is 2. The first-order chi connectivity index (χ1) is 11.4. The second-order valence-electron chi connectivity index (χ2n) is 7.99. The Morgan fingerprint density at radius 1 is 1.28 bits per heavy atom. The topological polar surface area (TPSA) is 85.4 Å². The minimum absolute atomic E-state index is 0.128. The van der Waals surface area contributed by atoms with Crippen LogP contribution in [0.4, 0.5) is 9.59 Å². The first kappa shape index (κ1) is 19.5. The number of cyclic esters (lactones) is 1. The Morgan fingerprint density at radius 3 is 2.44 bits per heavy atom. The van der Waals surface area contributed by atoms with E-state index in [1.807, 2.05) is 0 Å². The molecule has 0 radical (unpaired) electrons. The highest BCUT2D eigenvalue weighted by molar-refractivity contribution is 5.93. The zero-order chi connectivity index (χ0) is 19.0. The van der Waals surface area contributed by atoms with Crippen molar-refractivity contribution in [2.24, 2.45) is 0 Å². The fourth-order valence-electron chi connectivity index (χ4n) is 3.05. The summed E-state index contributed by atoms with van der Waals surface area (Å²) < 4.78 is 16.1. The predicted octanol–water partition coefficient (Wildman–Crippen LogP) is 2.51. The molecule has 8 nitrogen and oxygen atoms in total. The van der Waals surface area contributed by atoms with Gasteiger partial charge in [-0.25, -0.2) is 14.5 Å². The fourth-order valence-corrected chi connectivity index (χ4v) is 3.05. The number of hydrogen-bond donors (Lipinski definition) is 0. The number of carbonyl (C=O) groups excluding carboxylic acids is 3. The number of carbonyl (C=O) groups is 3. The van der Waals surface area contributed by atoms with E-state index in [0.717, 1.165) is 4.90 Å². The lowest BCUT2D eigenvalue weighted by Gasteiger charge is -2.35. The Labute approximate surface area is 148 Å². The van der Waals surface area contributed by atoms with E-state index in [1.165, 1.54) is 4.90 Å². The van der Waals surface area contributed by atoms with Crippen LogP contribution in [0.15, 0.2) is 0 Å². The summed E-state index contributed by atoms with van der Waals surface area (Å²) in [7, 11) is 0. The number of amides is 3. The molecule has 0 aromatic carbocycles. The van der Waals surface area contributed by atoms with Crippen molar-refractivity contribution in [3.8, 4) is 0 Å². The van der Waals surface area contributed by atoms with Gasteiger partial charge in [-0.2, -0.15) is 0 Å². The molecular formula is C17H28N2O6. The predicted molar refractivity (Wildman–Crippen MR) is 88.8 cm³/mol. The minimum atomic E-state index is -0.810. The van der Waals surface area contributed by atoms with E-state index < -0.39 is 23.5 Å². The van der Waals surface area contributed by atoms with Crippen LogP contribution in [-0.2, 0) is 19.0 Å². The molecule has 2 heterocycles. The number of rotatable bonds is 3. The van der Waals surface area contributed by atoms with Gasteiger partial charge in [-0.15, -0.1) is 0 Å². The molecular weight excluding hydrogens is 328 g/mol. The third kappa shape index (κ3) is 4.42. The van der Waals surface area contributed by atoms with E-state index in [-0.39, 0.29) is 31.0 Å². The highest BCUT2D eigenvalue weighted by Gasteiger charge is 2.46. The van der Waals surface area contributed by atoms with Crippen LogP contribution >= 0.6 is 0 Å². The van der Waals surface area contributed by atoms with Crippen LogP contribution in [0.25, 0.3) is 0 Å². The Bertz CT molecular complexity index is 554. The summed E-state index contributed by atoms with van der Waals surface area (Å²) in [5.74, 6) is -0.302. The first-order valence-corrected chi connectivity index (χ1v) is 8.57. The van der Waals surface area contributed by atoms with Gasteiger partial charge in [0, 0.05) is 6.42 Å². The summed E-state index contributed by atoms with van der Waals surface area (Å²) in [5, 5.41) is 0. The Hall–Kier alpha value is -1.83. The molecule has 2 saturated heterocycles. The monoisotopic (exact) mass is 356 g/mol.